The second-order valence-electron chi connectivity index (χ2n) is 6.58. The summed E-state index contributed by atoms with van der Waals surface area (Å²) in [6, 6.07) is 0. The summed E-state index contributed by atoms with van der Waals surface area (Å²) in [5.74, 6) is 1.03. The van der Waals surface area contributed by atoms with E-state index >= 15 is 0 Å². The van der Waals surface area contributed by atoms with E-state index < -0.39 is 0 Å². The predicted octanol–water partition coefficient (Wildman–Crippen LogP) is 5.70. The molecule has 1 heterocycles. The lowest BCUT2D eigenvalue weighted by molar-refractivity contribution is -0.215. The lowest BCUT2D eigenvalue weighted by atomic mass is 10.0. The molecule has 0 radical (unpaired) electrons. The van der Waals surface area contributed by atoms with Gasteiger partial charge in [0.05, 0.1) is 7.11 Å². The number of hydrogen-bond donors (Lipinski definition) is 1. The standard InChI is InChI=1S/C19H34O5/c1-22-18(20)16-14-12-10-8-6-4-2-3-5-7-9-11-13-15-17-19(23-17)24-21/h21H,2-16H2,1H3. The van der Waals surface area contributed by atoms with Gasteiger partial charge in [0.2, 0.25) is 0 Å². The Labute approximate surface area is 146 Å². The van der Waals surface area contributed by atoms with Crippen molar-refractivity contribution in [2.75, 3.05) is 7.11 Å². The Morgan fingerprint density at radius 1 is 0.833 bits per heavy atom. The van der Waals surface area contributed by atoms with E-state index in [9.17, 15) is 4.79 Å². The van der Waals surface area contributed by atoms with Gasteiger partial charge in [-0.1, -0.05) is 70.6 Å². The number of esters is 1. The zero-order valence-electron chi connectivity index (χ0n) is 15.2. The topological polar surface area (TPSA) is 68.3 Å². The van der Waals surface area contributed by atoms with Crippen LogP contribution < -0.4 is 0 Å². The number of allylic oxidation sites excluding steroid dienone is 1. The number of ether oxygens (including phenoxy) is 2. The second-order valence-corrected chi connectivity index (χ2v) is 6.58. The molecule has 5 heteroatoms. The van der Waals surface area contributed by atoms with Crippen LogP contribution in [0.25, 0.3) is 0 Å². The molecule has 0 aliphatic carbocycles. The molecule has 0 unspecified atom stereocenters. The van der Waals surface area contributed by atoms with Crippen molar-refractivity contribution < 1.29 is 24.4 Å². The quantitative estimate of drug-likeness (QED) is 0.159. The molecular weight excluding hydrogens is 308 g/mol. The van der Waals surface area contributed by atoms with Gasteiger partial charge in [0.25, 0.3) is 0 Å². The molecule has 1 rings (SSSR count). The number of carbonyl (C=O) groups excluding carboxylic acids is 1. The largest absolute Gasteiger partial charge is 0.469 e. The molecule has 0 fully saturated rings. The van der Waals surface area contributed by atoms with Crippen molar-refractivity contribution >= 4 is 5.97 Å². The van der Waals surface area contributed by atoms with E-state index in [0.717, 1.165) is 31.4 Å². The van der Waals surface area contributed by atoms with Crippen molar-refractivity contribution in [2.45, 2.75) is 96.3 Å². The third kappa shape index (κ3) is 11.3. The van der Waals surface area contributed by atoms with Gasteiger partial charge in [0.15, 0.2) is 5.76 Å². The van der Waals surface area contributed by atoms with Crippen molar-refractivity contribution in [2.24, 2.45) is 0 Å². The molecule has 0 bridgehead atoms. The third-order valence-corrected chi connectivity index (χ3v) is 4.50. The summed E-state index contributed by atoms with van der Waals surface area (Å²) in [5.41, 5.74) is 0. The summed E-state index contributed by atoms with van der Waals surface area (Å²) in [7, 11) is 1.45. The molecule has 0 saturated heterocycles. The molecule has 24 heavy (non-hydrogen) atoms. The Morgan fingerprint density at radius 3 is 1.71 bits per heavy atom. The van der Waals surface area contributed by atoms with E-state index in [-0.39, 0.29) is 5.97 Å². The highest BCUT2D eigenvalue weighted by atomic mass is 17.1. The van der Waals surface area contributed by atoms with E-state index in [4.69, 9.17) is 9.99 Å². The molecular formula is C19H34O5. The van der Waals surface area contributed by atoms with Crippen molar-refractivity contribution in [3.8, 4) is 0 Å². The third-order valence-electron chi connectivity index (χ3n) is 4.50. The maximum absolute atomic E-state index is 10.9. The fourth-order valence-electron chi connectivity index (χ4n) is 2.91. The first kappa shape index (κ1) is 20.8. The van der Waals surface area contributed by atoms with Crippen LogP contribution in [0.15, 0.2) is 11.7 Å². The SMILES string of the molecule is COC(=O)CCCCCCCCCCCCCCCC1=C(OO)O1. The second kappa shape index (κ2) is 14.1. The maximum Gasteiger partial charge on any atom is 0.361 e. The molecule has 0 saturated carbocycles. The Hall–Kier alpha value is -1.23. The van der Waals surface area contributed by atoms with Gasteiger partial charge in [-0.25, -0.2) is 0 Å². The first-order valence-electron chi connectivity index (χ1n) is 9.57. The number of carbonyl (C=O) groups is 1. The van der Waals surface area contributed by atoms with Crippen LogP contribution in [0.2, 0.25) is 0 Å². The molecule has 1 N–H and O–H groups in total. The van der Waals surface area contributed by atoms with Gasteiger partial charge >= 0.3 is 11.9 Å². The number of unbranched alkanes of at least 4 members (excludes halogenated alkanes) is 12. The highest BCUT2D eigenvalue weighted by Gasteiger charge is 2.27. The van der Waals surface area contributed by atoms with Gasteiger partial charge in [-0.3, -0.25) is 9.68 Å². The van der Waals surface area contributed by atoms with E-state index in [1.165, 1.54) is 71.3 Å². The average molecular weight is 342 g/mol. The molecule has 1 aliphatic rings. The zero-order valence-corrected chi connectivity index (χ0v) is 15.2. The number of rotatable bonds is 17. The van der Waals surface area contributed by atoms with Gasteiger partial charge in [-0.2, -0.15) is 5.26 Å². The smallest absolute Gasteiger partial charge is 0.361 e. The summed E-state index contributed by atoms with van der Waals surface area (Å²) < 4.78 is 9.56. The number of hydrogen-bond acceptors (Lipinski definition) is 5. The van der Waals surface area contributed by atoms with Gasteiger partial charge in [0.1, 0.15) is 0 Å². The summed E-state index contributed by atoms with van der Waals surface area (Å²) in [6.45, 7) is 0. The van der Waals surface area contributed by atoms with E-state index in [1.54, 1.807) is 0 Å². The van der Waals surface area contributed by atoms with E-state index in [0.29, 0.717) is 12.4 Å². The lowest BCUT2D eigenvalue weighted by Gasteiger charge is -2.03. The van der Waals surface area contributed by atoms with E-state index in [2.05, 4.69) is 9.62 Å². The maximum atomic E-state index is 10.9. The van der Waals surface area contributed by atoms with Crippen molar-refractivity contribution in [3.05, 3.63) is 11.7 Å². The van der Waals surface area contributed by atoms with Gasteiger partial charge in [0, 0.05) is 12.8 Å². The van der Waals surface area contributed by atoms with Crippen LogP contribution in [0.1, 0.15) is 96.3 Å². The Kier molecular flexibility index (Phi) is 12.3. The molecule has 0 aromatic rings. The first-order chi connectivity index (χ1) is 11.8. The highest BCUT2D eigenvalue weighted by molar-refractivity contribution is 5.68. The molecule has 0 aromatic heterocycles. The monoisotopic (exact) mass is 342 g/mol. The van der Waals surface area contributed by atoms with Crippen LogP contribution in [0.3, 0.4) is 0 Å². The van der Waals surface area contributed by atoms with Gasteiger partial charge in [-0.15, -0.1) is 0 Å². The van der Waals surface area contributed by atoms with Crippen LogP contribution in [-0.4, -0.2) is 18.3 Å². The lowest BCUT2D eigenvalue weighted by Crippen LogP contribution is -1.99. The molecule has 0 aromatic carbocycles. The van der Waals surface area contributed by atoms with Crippen molar-refractivity contribution in [1.82, 2.24) is 0 Å². The highest BCUT2D eigenvalue weighted by Crippen LogP contribution is 2.31. The fraction of sp³-hybridized carbons (Fsp3) is 0.842. The minimum absolute atomic E-state index is 0.0862. The molecule has 0 atom stereocenters. The molecule has 0 spiro atoms. The number of methoxy groups -OCH3 is 1. The van der Waals surface area contributed by atoms with Crippen LogP contribution >= 0.6 is 0 Å². The first-order valence-corrected chi connectivity index (χ1v) is 9.57. The van der Waals surface area contributed by atoms with Crippen LogP contribution in [-0.2, 0) is 19.2 Å². The zero-order chi connectivity index (χ0) is 17.5. The molecule has 1 aliphatic heterocycles. The predicted molar refractivity (Wildman–Crippen MR) is 93.1 cm³/mol. The van der Waals surface area contributed by atoms with E-state index in [1.807, 2.05) is 0 Å². The Balaban J connectivity index is 1.68. The summed E-state index contributed by atoms with van der Waals surface area (Å²) in [4.78, 5) is 14.9. The molecule has 5 nitrogen and oxygen atoms in total. The normalized spacial score (nSPS) is 12.9. The fourth-order valence-corrected chi connectivity index (χ4v) is 2.91. The summed E-state index contributed by atoms with van der Waals surface area (Å²) in [6.07, 6.45) is 17.7. The average Bonchev–Trinajstić information content (AvgIpc) is 3.36. The van der Waals surface area contributed by atoms with Gasteiger partial charge in [-0.05, 0) is 12.8 Å². The van der Waals surface area contributed by atoms with Crippen LogP contribution in [0, 0.1) is 0 Å². The minimum Gasteiger partial charge on any atom is -0.469 e. The minimum atomic E-state index is -0.0862. The van der Waals surface area contributed by atoms with Gasteiger partial charge < -0.3 is 9.47 Å². The summed E-state index contributed by atoms with van der Waals surface area (Å²) >= 11 is 0. The van der Waals surface area contributed by atoms with Crippen LogP contribution in [0.4, 0.5) is 0 Å². The van der Waals surface area contributed by atoms with Crippen molar-refractivity contribution in [1.29, 1.82) is 0 Å². The Bertz CT molecular complexity index is 365. The molecule has 0 amide bonds. The van der Waals surface area contributed by atoms with Crippen LogP contribution in [0.5, 0.6) is 0 Å². The van der Waals surface area contributed by atoms with Crippen molar-refractivity contribution in [3.63, 3.8) is 0 Å². The summed E-state index contributed by atoms with van der Waals surface area (Å²) in [5, 5.41) is 8.32. The molecule has 140 valence electrons. The Morgan fingerprint density at radius 2 is 1.29 bits per heavy atom.